The predicted octanol–water partition coefficient (Wildman–Crippen LogP) is 3.27. The Morgan fingerprint density at radius 2 is 2.00 bits per heavy atom. The van der Waals surface area contributed by atoms with Gasteiger partial charge in [0.05, 0.1) is 31.5 Å². The van der Waals surface area contributed by atoms with Crippen LogP contribution >= 0.6 is 11.8 Å². The third-order valence-electron chi connectivity index (χ3n) is 2.77. The third-order valence-corrected chi connectivity index (χ3v) is 3.72. The largest absolute Gasteiger partial charge is 0.468 e. The molecule has 2 rings (SSSR count). The number of thioether (sulfide) groups is 1. The molecule has 0 unspecified atom stereocenters. The summed E-state index contributed by atoms with van der Waals surface area (Å²) in [6.07, 6.45) is 1.46. The van der Waals surface area contributed by atoms with E-state index in [0.717, 1.165) is 0 Å². The van der Waals surface area contributed by atoms with Crippen molar-refractivity contribution in [2.75, 3.05) is 13.7 Å². The summed E-state index contributed by atoms with van der Waals surface area (Å²) in [6.45, 7) is 2.07. The standard InChI is InChI=1S/C15H16O6S/c1-3-19-14(16)11-6-7-20-13(11)9-22-8-10-4-5-12(21-10)15(17)18-2/h4-7H,3,8-9H2,1-2H3. The molecule has 0 bridgehead atoms. The molecule has 0 aliphatic carbocycles. The van der Waals surface area contributed by atoms with E-state index in [1.165, 1.54) is 25.1 Å². The normalized spacial score (nSPS) is 10.5. The first-order valence-electron chi connectivity index (χ1n) is 6.64. The fraction of sp³-hybridized carbons (Fsp3) is 0.333. The van der Waals surface area contributed by atoms with Gasteiger partial charge in [0.2, 0.25) is 5.76 Å². The Labute approximate surface area is 131 Å². The lowest BCUT2D eigenvalue weighted by atomic mass is 10.3. The van der Waals surface area contributed by atoms with Gasteiger partial charge in [-0.2, -0.15) is 0 Å². The summed E-state index contributed by atoms with van der Waals surface area (Å²) in [5.74, 6) is 1.51. The van der Waals surface area contributed by atoms with Crippen molar-refractivity contribution in [1.29, 1.82) is 0 Å². The second-order valence-electron chi connectivity index (χ2n) is 4.23. The maximum atomic E-state index is 11.7. The zero-order chi connectivity index (χ0) is 15.9. The Morgan fingerprint density at radius 1 is 1.18 bits per heavy atom. The summed E-state index contributed by atoms with van der Waals surface area (Å²) in [5.41, 5.74) is 0.434. The van der Waals surface area contributed by atoms with E-state index >= 15 is 0 Å². The molecule has 0 aliphatic heterocycles. The fourth-order valence-electron chi connectivity index (χ4n) is 1.75. The number of hydrogen-bond donors (Lipinski definition) is 0. The molecule has 2 aromatic rings. The Morgan fingerprint density at radius 3 is 2.73 bits per heavy atom. The highest BCUT2D eigenvalue weighted by molar-refractivity contribution is 7.97. The monoisotopic (exact) mass is 324 g/mol. The molecule has 0 radical (unpaired) electrons. The molecule has 0 amide bonds. The van der Waals surface area contributed by atoms with Crippen LogP contribution in [0.5, 0.6) is 0 Å². The second-order valence-corrected chi connectivity index (χ2v) is 5.21. The molecule has 22 heavy (non-hydrogen) atoms. The van der Waals surface area contributed by atoms with Crippen LogP contribution in [0.2, 0.25) is 0 Å². The number of carbonyl (C=O) groups excluding carboxylic acids is 2. The van der Waals surface area contributed by atoms with Gasteiger partial charge in [-0.1, -0.05) is 0 Å². The summed E-state index contributed by atoms with van der Waals surface area (Å²) in [7, 11) is 1.30. The lowest BCUT2D eigenvalue weighted by Crippen LogP contribution is -2.05. The number of carbonyl (C=O) groups is 2. The third kappa shape index (κ3) is 3.94. The zero-order valence-electron chi connectivity index (χ0n) is 12.3. The van der Waals surface area contributed by atoms with Gasteiger partial charge in [0.1, 0.15) is 17.1 Å². The molecule has 2 heterocycles. The highest BCUT2D eigenvalue weighted by Gasteiger charge is 2.16. The molecule has 0 aliphatic rings. The number of rotatable bonds is 7. The minimum atomic E-state index is -0.508. The molecule has 0 spiro atoms. The predicted molar refractivity (Wildman–Crippen MR) is 79.7 cm³/mol. The van der Waals surface area contributed by atoms with Crippen molar-refractivity contribution >= 4 is 23.7 Å². The van der Waals surface area contributed by atoms with Gasteiger partial charge in [-0.15, -0.1) is 11.8 Å². The van der Waals surface area contributed by atoms with E-state index in [0.29, 0.717) is 35.2 Å². The van der Waals surface area contributed by atoms with Crippen molar-refractivity contribution in [1.82, 2.24) is 0 Å². The molecule has 0 aromatic carbocycles. The first-order chi connectivity index (χ1) is 10.7. The van der Waals surface area contributed by atoms with Crippen LogP contribution in [0.15, 0.2) is 33.3 Å². The van der Waals surface area contributed by atoms with Crippen molar-refractivity contribution in [2.24, 2.45) is 0 Å². The van der Waals surface area contributed by atoms with Crippen LogP contribution in [-0.4, -0.2) is 25.7 Å². The fourth-order valence-corrected chi connectivity index (χ4v) is 2.62. The molecule has 0 saturated carbocycles. The molecular weight excluding hydrogens is 308 g/mol. The van der Waals surface area contributed by atoms with Crippen molar-refractivity contribution in [2.45, 2.75) is 18.4 Å². The summed E-state index contributed by atoms with van der Waals surface area (Å²) in [4.78, 5) is 23.0. The molecule has 2 aromatic heterocycles. The maximum Gasteiger partial charge on any atom is 0.373 e. The van der Waals surface area contributed by atoms with E-state index in [4.69, 9.17) is 13.6 Å². The SMILES string of the molecule is CCOC(=O)c1ccoc1CSCc1ccc(C(=O)OC)o1. The Kier molecular flexibility index (Phi) is 5.71. The Bertz CT molecular complexity index is 642. The first kappa shape index (κ1) is 16.2. The first-order valence-corrected chi connectivity index (χ1v) is 7.79. The number of furan rings is 2. The van der Waals surface area contributed by atoms with Crippen LogP contribution in [-0.2, 0) is 21.0 Å². The lowest BCUT2D eigenvalue weighted by Gasteiger charge is -2.02. The minimum Gasteiger partial charge on any atom is -0.468 e. The molecule has 118 valence electrons. The van der Waals surface area contributed by atoms with E-state index in [1.54, 1.807) is 25.1 Å². The number of hydrogen-bond acceptors (Lipinski definition) is 7. The summed E-state index contributed by atoms with van der Waals surface area (Å²) >= 11 is 1.50. The van der Waals surface area contributed by atoms with Gasteiger partial charge in [0, 0.05) is 0 Å². The van der Waals surface area contributed by atoms with Crippen LogP contribution < -0.4 is 0 Å². The van der Waals surface area contributed by atoms with Gasteiger partial charge in [-0.3, -0.25) is 0 Å². The molecule has 0 fully saturated rings. The van der Waals surface area contributed by atoms with Gasteiger partial charge in [-0.05, 0) is 25.1 Å². The quantitative estimate of drug-likeness (QED) is 0.723. The zero-order valence-corrected chi connectivity index (χ0v) is 13.1. The molecule has 6 nitrogen and oxygen atoms in total. The summed E-state index contributed by atoms with van der Waals surface area (Å²) in [5, 5.41) is 0. The van der Waals surface area contributed by atoms with Crippen LogP contribution in [0.1, 0.15) is 39.4 Å². The van der Waals surface area contributed by atoms with Gasteiger partial charge < -0.3 is 18.3 Å². The molecule has 7 heteroatoms. The highest BCUT2D eigenvalue weighted by atomic mass is 32.2. The van der Waals surface area contributed by atoms with Gasteiger partial charge >= 0.3 is 11.9 Å². The van der Waals surface area contributed by atoms with Crippen molar-refractivity contribution < 1.29 is 27.9 Å². The highest BCUT2D eigenvalue weighted by Crippen LogP contribution is 2.23. The molecule has 0 N–H and O–H groups in total. The Hall–Kier alpha value is -2.15. The average Bonchev–Trinajstić information content (AvgIpc) is 3.16. The van der Waals surface area contributed by atoms with Crippen LogP contribution in [0, 0.1) is 0 Å². The van der Waals surface area contributed by atoms with Crippen molar-refractivity contribution in [3.63, 3.8) is 0 Å². The van der Waals surface area contributed by atoms with E-state index in [9.17, 15) is 9.59 Å². The molecule has 0 atom stereocenters. The molecular formula is C15H16O6S. The number of methoxy groups -OCH3 is 1. The van der Waals surface area contributed by atoms with Gasteiger partial charge in [0.15, 0.2) is 0 Å². The van der Waals surface area contributed by atoms with Gasteiger partial charge in [-0.25, -0.2) is 9.59 Å². The van der Waals surface area contributed by atoms with Crippen LogP contribution in [0.4, 0.5) is 0 Å². The van der Waals surface area contributed by atoms with E-state index < -0.39 is 11.9 Å². The minimum absolute atomic E-state index is 0.170. The van der Waals surface area contributed by atoms with Crippen LogP contribution in [0.3, 0.4) is 0 Å². The van der Waals surface area contributed by atoms with E-state index in [1.807, 2.05) is 0 Å². The van der Waals surface area contributed by atoms with Crippen molar-refractivity contribution in [3.8, 4) is 0 Å². The van der Waals surface area contributed by atoms with E-state index in [2.05, 4.69) is 4.74 Å². The maximum absolute atomic E-state index is 11.7. The van der Waals surface area contributed by atoms with E-state index in [-0.39, 0.29) is 5.76 Å². The summed E-state index contributed by atoms with van der Waals surface area (Å²) in [6, 6.07) is 4.88. The lowest BCUT2D eigenvalue weighted by molar-refractivity contribution is 0.0522. The van der Waals surface area contributed by atoms with Crippen LogP contribution in [0.25, 0.3) is 0 Å². The topological polar surface area (TPSA) is 78.9 Å². The average molecular weight is 324 g/mol. The second kappa shape index (κ2) is 7.74. The van der Waals surface area contributed by atoms with Gasteiger partial charge in [0.25, 0.3) is 0 Å². The smallest absolute Gasteiger partial charge is 0.373 e. The Balaban J connectivity index is 1.89. The summed E-state index contributed by atoms with van der Waals surface area (Å²) < 4.78 is 20.2. The number of esters is 2. The number of ether oxygens (including phenoxy) is 2. The molecule has 0 saturated heterocycles. The van der Waals surface area contributed by atoms with Crippen molar-refractivity contribution in [3.05, 3.63) is 47.3 Å².